The smallest absolute Gasteiger partial charge is 0.184 e. The lowest BCUT2D eigenvalue weighted by atomic mass is 10.1. The van der Waals surface area contributed by atoms with E-state index in [1.54, 1.807) is 11.3 Å². The summed E-state index contributed by atoms with van der Waals surface area (Å²) >= 11 is 7.76. The summed E-state index contributed by atoms with van der Waals surface area (Å²) in [5, 5.41) is 5.12. The van der Waals surface area contributed by atoms with Gasteiger partial charge in [0.25, 0.3) is 0 Å². The minimum Gasteiger partial charge on any atom is -0.380 e. The number of hydrogen-bond acceptors (Lipinski definition) is 4. The van der Waals surface area contributed by atoms with Crippen LogP contribution >= 0.6 is 22.9 Å². The molecule has 1 heterocycles. The van der Waals surface area contributed by atoms with Crippen molar-refractivity contribution in [1.82, 2.24) is 4.98 Å². The van der Waals surface area contributed by atoms with E-state index in [9.17, 15) is 0 Å². The highest BCUT2D eigenvalue weighted by atomic mass is 35.5. The lowest BCUT2D eigenvalue weighted by Gasteiger charge is -2.21. The van der Waals surface area contributed by atoms with E-state index in [1.165, 1.54) is 0 Å². The van der Waals surface area contributed by atoms with Crippen molar-refractivity contribution in [2.24, 2.45) is 5.92 Å². The van der Waals surface area contributed by atoms with Crippen LogP contribution in [0.15, 0.2) is 18.2 Å². The number of aromatic nitrogens is 1. The Morgan fingerprint density at radius 1 is 1.42 bits per heavy atom. The molecule has 0 fully saturated rings. The molecule has 0 aliphatic rings. The van der Waals surface area contributed by atoms with Crippen LogP contribution in [0, 0.1) is 5.92 Å². The van der Waals surface area contributed by atoms with Crippen molar-refractivity contribution in [3.05, 3.63) is 23.2 Å². The fourth-order valence-corrected chi connectivity index (χ4v) is 3.00. The molecule has 0 aliphatic carbocycles. The topological polar surface area (TPSA) is 34.1 Å². The SMILES string of the molecule is CCOCC(Nc1nc2cccc(Cl)c2s1)C(C)C. The number of anilines is 1. The molecule has 0 radical (unpaired) electrons. The molecule has 0 saturated heterocycles. The number of ether oxygens (including phenoxy) is 1. The lowest BCUT2D eigenvalue weighted by Crippen LogP contribution is -2.30. The molecule has 0 amide bonds. The second-order valence-electron chi connectivity index (χ2n) is 4.76. The predicted octanol–water partition coefficient (Wildman–Crippen LogP) is 4.42. The van der Waals surface area contributed by atoms with Crippen LogP contribution in [0.25, 0.3) is 10.2 Å². The van der Waals surface area contributed by atoms with E-state index >= 15 is 0 Å². The number of halogens is 1. The number of nitrogens with one attached hydrogen (secondary N) is 1. The summed E-state index contributed by atoms with van der Waals surface area (Å²) in [5.74, 6) is 0.481. The van der Waals surface area contributed by atoms with Crippen molar-refractivity contribution in [1.29, 1.82) is 0 Å². The van der Waals surface area contributed by atoms with Gasteiger partial charge in [0.2, 0.25) is 0 Å². The third-order valence-electron chi connectivity index (χ3n) is 2.98. The highest BCUT2D eigenvalue weighted by Gasteiger charge is 2.16. The molecule has 0 saturated carbocycles. The maximum Gasteiger partial charge on any atom is 0.184 e. The monoisotopic (exact) mass is 298 g/mol. The highest BCUT2D eigenvalue weighted by Crippen LogP contribution is 2.32. The Labute approximate surface area is 122 Å². The molecule has 0 aliphatic heterocycles. The molecule has 5 heteroatoms. The van der Waals surface area contributed by atoms with Gasteiger partial charge in [0.1, 0.15) is 0 Å². The molecule has 19 heavy (non-hydrogen) atoms. The fourth-order valence-electron chi connectivity index (χ4n) is 1.78. The highest BCUT2D eigenvalue weighted by molar-refractivity contribution is 7.22. The zero-order valence-electron chi connectivity index (χ0n) is 11.4. The lowest BCUT2D eigenvalue weighted by molar-refractivity contribution is 0.127. The summed E-state index contributed by atoms with van der Waals surface area (Å²) in [6.45, 7) is 7.79. The van der Waals surface area contributed by atoms with Crippen LogP contribution in [-0.4, -0.2) is 24.2 Å². The summed E-state index contributed by atoms with van der Waals surface area (Å²) in [4.78, 5) is 4.57. The van der Waals surface area contributed by atoms with Gasteiger partial charge in [-0.15, -0.1) is 0 Å². The van der Waals surface area contributed by atoms with E-state index in [1.807, 2.05) is 25.1 Å². The summed E-state index contributed by atoms with van der Waals surface area (Å²) < 4.78 is 6.55. The normalized spacial score (nSPS) is 13.1. The zero-order valence-corrected chi connectivity index (χ0v) is 13.0. The molecule has 1 N–H and O–H groups in total. The van der Waals surface area contributed by atoms with Crippen molar-refractivity contribution < 1.29 is 4.74 Å². The Balaban J connectivity index is 2.17. The Bertz CT molecular complexity index is 541. The number of fused-ring (bicyclic) bond motifs is 1. The summed E-state index contributed by atoms with van der Waals surface area (Å²) in [6, 6.07) is 6.06. The third-order valence-corrected chi connectivity index (χ3v) is 4.44. The third kappa shape index (κ3) is 3.59. The van der Waals surface area contributed by atoms with E-state index in [4.69, 9.17) is 16.3 Å². The van der Waals surface area contributed by atoms with E-state index < -0.39 is 0 Å². The second kappa shape index (κ2) is 6.55. The minimum atomic E-state index is 0.263. The van der Waals surface area contributed by atoms with Gasteiger partial charge in [0.15, 0.2) is 5.13 Å². The first kappa shape index (κ1) is 14.6. The van der Waals surface area contributed by atoms with Gasteiger partial charge in [-0.05, 0) is 25.0 Å². The van der Waals surface area contributed by atoms with Gasteiger partial charge in [-0.2, -0.15) is 0 Å². The molecule has 1 aromatic carbocycles. The molecule has 0 spiro atoms. The maximum atomic E-state index is 6.17. The Kier molecular flexibility index (Phi) is 5.02. The number of nitrogens with zero attached hydrogens (tertiary/aromatic N) is 1. The van der Waals surface area contributed by atoms with E-state index in [2.05, 4.69) is 24.1 Å². The van der Waals surface area contributed by atoms with Crippen LogP contribution < -0.4 is 5.32 Å². The average Bonchev–Trinajstić information content (AvgIpc) is 2.78. The molecule has 104 valence electrons. The number of thiazole rings is 1. The first-order chi connectivity index (χ1) is 9.11. The summed E-state index contributed by atoms with van der Waals surface area (Å²) in [7, 11) is 0. The molecule has 3 nitrogen and oxygen atoms in total. The van der Waals surface area contributed by atoms with Gasteiger partial charge in [0.05, 0.1) is 27.9 Å². The standard InChI is InChI=1S/C14H19ClN2OS/c1-4-18-8-12(9(2)3)17-14-16-11-7-5-6-10(15)13(11)19-14/h5-7,9,12H,4,8H2,1-3H3,(H,16,17). The van der Waals surface area contributed by atoms with Crippen molar-refractivity contribution >= 4 is 38.3 Å². The molecule has 2 rings (SSSR count). The minimum absolute atomic E-state index is 0.263. The molecule has 0 bridgehead atoms. The maximum absolute atomic E-state index is 6.17. The largest absolute Gasteiger partial charge is 0.380 e. The van der Waals surface area contributed by atoms with Crippen LogP contribution in [0.1, 0.15) is 20.8 Å². The molecule has 2 aromatic rings. The van der Waals surface area contributed by atoms with Crippen LogP contribution in [0.3, 0.4) is 0 Å². The Morgan fingerprint density at radius 2 is 2.21 bits per heavy atom. The summed E-state index contributed by atoms with van der Waals surface area (Å²) in [6.07, 6.45) is 0. The number of rotatable bonds is 6. The van der Waals surface area contributed by atoms with Crippen molar-refractivity contribution in [3.8, 4) is 0 Å². The van der Waals surface area contributed by atoms with Crippen LogP contribution in [0.5, 0.6) is 0 Å². The van der Waals surface area contributed by atoms with Gasteiger partial charge in [-0.3, -0.25) is 0 Å². The quantitative estimate of drug-likeness (QED) is 0.857. The van der Waals surface area contributed by atoms with E-state index in [-0.39, 0.29) is 6.04 Å². The molecular formula is C14H19ClN2OS. The first-order valence-corrected chi connectivity index (χ1v) is 7.70. The van der Waals surface area contributed by atoms with E-state index in [0.29, 0.717) is 12.5 Å². The Morgan fingerprint density at radius 3 is 2.84 bits per heavy atom. The van der Waals surface area contributed by atoms with E-state index in [0.717, 1.165) is 27.0 Å². The van der Waals surface area contributed by atoms with Crippen molar-refractivity contribution in [2.75, 3.05) is 18.5 Å². The van der Waals surface area contributed by atoms with Gasteiger partial charge >= 0.3 is 0 Å². The van der Waals surface area contributed by atoms with Crippen molar-refractivity contribution in [3.63, 3.8) is 0 Å². The van der Waals surface area contributed by atoms with Crippen LogP contribution in [0.4, 0.5) is 5.13 Å². The molecule has 1 unspecified atom stereocenters. The predicted molar refractivity (Wildman–Crippen MR) is 83.4 cm³/mol. The van der Waals surface area contributed by atoms with Gasteiger partial charge in [-0.25, -0.2) is 4.98 Å². The second-order valence-corrected chi connectivity index (χ2v) is 6.17. The zero-order chi connectivity index (χ0) is 13.8. The molecular weight excluding hydrogens is 280 g/mol. The molecule has 1 atom stereocenters. The van der Waals surface area contributed by atoms with Crippen LogP contribution in [-0.2, 0) is 4.74 Å². The van der Waals surface area contributed by atoms with Crippen molar-refractivity contribution in [2.45, 2.75) is 26.8 Å². The fraction of sp³-hybridized carbons (Fsp3) is 0.500. The van der Waals surface area contributed by atoms with Gasteiger partial charge < -0.3 is 10.1 Å². The van der Waals surface area contributed by atoms with Crippen LogP contribution in [0.2, 0.25) is 5.02 Å². The average molecular weight is 299 g/mol. The first-order valence-electron chi connectivity index (χ1n) is 6.51. The Hall–Kier alpha value is -0.840. The summed E-state index contributed by atoms with van der Waals surface area (Å²) in [5.41, 5.74) is 0.943. The molecule has 1 aromatic heterocycles. The van der Waals surface area contributed by atoms with Gasteiger partial charge in [-0.1, -0.05) is 42.9 Å². The van der Waals surface area contributed by atoms with Gasteiger partial charge in [0, 0.05) is 6.61 Å². The number of benzene rings is 1. The number of hydrogen-bond donors (Lipinski definition) is 1.